The highest BCUT2D eigenvalue weighted by Crippen LogP contribution is 2.52. The molecule has 0 amide bonds. The molecule has 5 heteroatoms. The number of hydrogen-bond donors (Lipinski definition) is 2. The molecule has 2 N–H and O–H groups in total. The molecular formula is C42H57F2N3. The Kier molecular flexibility index (Phi) is 12.2. The highest BCUT2D eigenvalue weighted by Gasteiger charge is 2.41. The van der Waals surface area contributed by atoms with Crippen LogP contribution in [-0.2, 0) is 18.6 Å². The lowest BCUT2D eigenvalue weighted by atomic mass is 9.59. The third-order valence-electron chi connectivity index (χ3n) is 10.0. The van der Waals surface area contributed by atoms with E-state index in [0.717, 1.165) is 48.3 Å². The van der Waals surface area contributed by atoms with Crippen LogP contribution in [0, 0.1) is 19.3 Å². The summed E-state index contributed by atoms with van der Waals surface area (Å²) in [5.74, 6) is 0. The topological polar surface area (TPSA) is 36.4 Å². The van der Waals surface area contributed by atoms with Crippen LogP contribution in [0.1, 0.15) is 108 Å². The lowest BCUT2D eigenvalue weighted by Crippen LogP contribution is -2.34. The van der Waals surface area contributed by atoms with Gasteiger partial charge in [-0.05, 0) is 164 Å². The first kappa shape index (κ1) is 37.9. The Balaban J connectivity index is 2.12. The average molecular weight is 642 g/mol. The van der Waals surface area contributed by atoms with Crippen molar-refractivity contribution in [2.75, 3.05) is 12.4 Å². The molecule has 0 bridgehead atoms. The van der Waals surface area contributed by atoms with Crippen molar-refractivity contribution in [2.45, 2.75) is 113 Å². The molecule has 2 aromatic carbocycles. The van der Waals surface area contributed by atoms with Crippen LogP contribution in [0.3, 0.4) is 0 Å². The fraction of sp³-hybridized carbons (Fsp3) is 0.452. The molecule has 3 rings (SSSR count). The number of nitrogens with zero attached hydrogens (tertiary/aromatic N) is 1. The lowest BCUT2D eigenvalue weighted by Gasteiger charge is -2.45. The number of rotatable bonds is 14. The van der Waals surface area contributed by atoms with E-state index in [9.17, 15) is 0 Å². The van der Waals surface area contributed by atoms with E-state index in [1.165, 1.54) is 61.9 Å². The number of hydrogen-bond acceptors (Lipinski definition) is 3. The van der Waals surface area contributed by atoms with Crippen LogP contribution >= 0.6 is 0 Å². The molecule has 0 aromatic heterocycles. The summed E-state index contributed by atoms with van der Waals surface area (Å²) in [6.45, 7) is 28.4. The molecule has 0 radical (unpaired) electrons. The van der Waals surface area contributed by atoms with Gasteiger partial charge in [-0.2, -0.15) is 0 Å². The van der Waals surface area contributed by atoms with Crippen molar-refractivity contribution < 1.29 is 8.78 Å². The largest absolute Gasteiger partial charge is 0.355 e. The quantitative estimate of drug-likeness (QED) is 0.159. The predicted molar refractivity (Wildman–Crippen MR) is 201 cm³/mol. The summed E-state index contributed by atoms with van der Waals surface area (Å²) in [5, 5.41) is 6.88. The maximum absolute atomic E-state index is 15.2. The molecule has 0 atom stereocenters. The molecule has 1 fully saturated rings. The van der Waals surface area contributed by atoms with Gasteiger partial charge in [-0.15, -0.1) is 0 Å². The SMILES string of the molecule is C=C(Nc1ccc(C(C)(C)F)cc1C(=C)/C=C(\N=CC)C(C)(C)F)C(/C(C)=C/C)=C(\C)C1(Cc2ccc(CNC)c(C)c2C)CCC1. The molecule has 1 aliphatic carbocycles. The summed E-state index contributed by atoms with van der Waals surface area (Å²) in [5.41, 5.74) is 9.27. The van der Waals surface area contributed by atoms with Crippen molar-refractivity contribution in [3.05, 3.63) is 117 Å². The van der Waals surface area contributed by atoms with Crippen molar-refractivity contribution >= 4 is 17.5 Å². The third kappa shape index (κ3) is 8.67. The van der Waals surface area contributed by atoms with Crippen molar-refractivity contribution in [2.24, 2.45) is 10.4 Å². The average Bonchev–Trinajstić information content (AvgIpc) is 2.97. The highest BCUT2D eigenvalue weighted by molar-refractivity contribution is 5.83. The molecule has 1 aliphatic rings. The van der Waals surface area contributed by atoms with E-state index in [-0.39, 0.29) is 11.1 Å². The van der Waals surface area contributed by atoms with Crippen molar-refractivity contribution in [1.29, 1.82) is 0 Å². The molecule has 254 valence electrons. The molecule has 3 nitrogen and oxygen atoms in total. The Labute approximate surface area is 283 Å². The van der Waals surface area contributed by atoms with Gasteiger partial charge in [0, 0.05) is 29.7 Å². The van der Waals surface area contributed by atoms with Crippen molar-refractivity contribution in [3.8, 4) is 0 Å². The monoisotopic (exact) mass is 641 g/mol. The van der Waals surface area contributed by atoms with Gasteiger partial charge < -0.3 is 10.6 Å². The fourth-order valence-electron chi connectivity index (χ4n) is 6.59. The van der Waals surface area contributed by atoms with Crippen molar-refractivity contribution in [3.63, 3.8) is 0 Å². The molecule has 47 heavy (non-hydrogen) atoms. The summed E-state index contributed by atoms with van der Waals surface area (Å²) in [6, 6.07) is 10.0. The smallest absolute Gasteiger partial charge is 0.147 e. The number of anilines is 1. The first-order chi connectivity index (χ1) is 21.9. The lowest BCUT2D eigenvalue weighted by molar-refractivity contribution is 0.183. The second-order valence-corrected chi connectivity index (χ2v) is 14.2. The minimum atomic E-state index is -1.68. The second kappa shape index (κ2) is 15.1. The minimum absolute atomic E-state index is 0.0307. The summed E-state index contributed by atoms with van der Waals surface area (Å²) in [6.07, 6.45) is 9.76. The van der Waals surface area contributed by atoms with Crippen LogP contribution in [0.5, 0.6) is 0 Å². The minimum Gasteiger partial charge on any atom is -0.355 e. The van der Waals surface area contributed by atoms with Gasteiger partial charge in [-0.1, -0.05) is 49.4 Å². The molecule has 1 saturated carbocycles. The number of allylic oxidation sites excluding steroid dienone is 6. The number of halogens is 2. The zero-order chi connectivity index (χ0) is 35.3. The molecular weight excluding hydrogens is 584 g/mol. The summed E-state index contributed by atoms with van der Waals surface area (Å²) >= 11 is 0. The predicted octanol–water partition coefficient (Wildman–Crippen LogP) is 11.6. The highest BCUT2D eigenvalue weighted by atomic mass is 19.1. The van der Waals surface area contributed by atoms with Gasteiger partial charge >= 0.3 is 0 Å². The molecule has 2 aromatic rings. The number of benzene rings is 2. The van der Waals surface area contributed by atoms with Gasteiger partial charge in [-0.25, -0.2) is 8.78 Å². The summed E-state index contributed by atoms with van der Waals surface area (Å²) in [4.78, 5) is 4.28. The number of aliphatic imine (C=N–C) groups is 1. The molecule has 0 saturated heterocycles. The maximum atomic E-state index is 15.2. The number of alkyl halides is 2. The Bertz CT molecular complexity index is 1620. The van der Waals surface area contributed by atoms with Crippen LogP contribution < -0.4 is 10.6 Å². The Hall–Kier alpha value is -3.57. The Morgan fingerprint density at radius 3 is 2.11 bits per heavy atom. The molecule has 0 unspecified atom stereocenters. The first-order valence-electron chi connectivity index (χ1n) is 16.9. The summed E-state index contributed by atoms with van der Waals surface area (Å²) < 4.78 is 30.3. The van der Waals surface area contributed by atoms with E-state index in [2.05, 4.69) is 81.6 Å². The van der Waals surface area contributed by atoms with Crippen molar-refractivity contribution in [1.82, 2.24) is 5.32 Å². The van der Waals surface area contributed by atoms with Crippen LogP contribution in [0.25, 0.3) is 5.57 Å². The van der Waals surface area contributed by atoms with Gasteiger partial charge in [0.2, 0.25) is 0 Å². The van der Waals surface area contributed by atoms with E-state index >= 15 is 8.78 Å². The van der Waals surface area contributed by atoms with Gasteiger partial charge in [0.1, 0.15) is 11.3 Å². The Morgan fingerprint density at radius 2 is 1.60 bits per heavy atom. The standard InChI is InChI=1S/C42H57F2N3/c1-14-27(3)39(31(7)42(21-16-22-42)25-33-17-18-34(26-45-13)30(6)29(33)5)32(8)47-37-20-19-35(40(9,10)43)24-36(37)28(4)23-38(46-15-2)41(11,12)44/h14-15,17-20,23-24,45,47H,4,8,16,21-22,25-26H2,1-3,5-7,9-13H3/b27-14+,38-23-,39-31+,46-15?. The van der Waals surface area contributed by atoms with E-state index in [4.69, 9.17) is 0 Å². The normalized spacial score (nSPS) is 16.2. The van der Waals surface area contributed by atoms with Gasteiger partial charge in [0.15, 0.2) is 0 Å². The van der Waals surface area contributed by atoms with Crippen LogP contribution in [0.15, 0.2) is 88.7 Å². The van der Waals surface area contributed by atoms with E-state index < -0.39 is 11.3 Å². The third-order valence-corrected chi connectivity index (χ3v) is 10.0. The van der Waals surface area contributed by atoms with Gasteiger partial charge in [-0.3, -0.25) is 4.99 Å². The molecule has 0 spiro atoms. The Morgan fingerprint density at radius 1 is 0.979 bits per heavy atom. The first-order valence-corrected chi connectivity index (χ1v) is 16.9. The van der Waals surface area contributed by atoms with Crippen LogP contribution in [0.2, 0.25) is 0 Å². The van der Waals surface area contributed by atoms with Gasteiger partial charge in [0.05, 0.1) is 5.70 Å². The number of nitrogens with one attached hydrogen (secondary N) is 2. The van der Waals surface area contributed by atoms with E-state index in [0.29, 0.717) is 16.7 Å². The zero-order valence-electron chi connectivity index (χ0n) is 30.8. The fourth-order valence-corrected chi connectivity index (χ4v) is 6.59. The second-order valence-electron chi connectivity index (χ2n) is 14.2. The zero-order valence-corrected chi connectivity index (χ0v) is 30.8. The summed E-state index contributed by atoms with van der Waals surface area (Å²) in [7, 11) is 1.99. The maximum Gasteiger partial charge on any atom is 0.147 e. The molecule has 0 aliphatic heterocycles. The van der Waals surface area contributed by atoms with E-state index in [1.807, 2.05) is 13.1 Å². The van der Waals surface area contributed by atoms with Gasteiger partial charge in [0.25, 0.3) is 0 Å². The van der Waals surface area contributed by atoms with Crippen LogP contribution in [0.4, 0.5) is 14.5 Å². The van der Waals surface area contributed by atoms with E-state index in [1.54, 1.807) is 31.3 Å². The van der Waals surface area contributed by atoms with Crippen LogP contribution in [-0.4, -0.2) is 18.9 Å². The molecule has 0 heterocycles.